The van der Waals surface area contributed by atoms with Crippen molar-refractivity contribution in [2.24, 2.45) is 0 Å². The molecular formula is C13H21N5S. The Labute approximate surface area is 117 Å². The van der Waals surface area contributed by atoms with Crippen molar-refractivity contribution in [2.45, 2.75) is 13.0 Å². The van der Waals surface area contributed by atoms with E-state index in [0.717, 1.165) is 37.0 Å². The SMILES string of the molecule is CNCc1c(N2CCCN(C)CC2)nc2sccn12. The molecule has 2 aromatic heterocycles. The van der Waals surface area contributed by atoms with Crippen LogP contribution in [-0.4, -0.2) is 54.6 Å². The molecule has 1 saturated heterocycles. The highest BCUT2D eigenvalue weighted by molar-refractivity contribution is 7.15. The maximum atomic E-state index is 4.83. The first-order valence-corrected chi connectivity index (χ1v) is 7.70. The summed E-state index contributed by atoms with van der Waals surface area (Å²) < 4.78 is 2.21. The van der Waals surface area contributed by atoms with Crippen molar-refractivity contribution < 1.29 is 0 Å². The summed E-state index contributed by atoms with van der Waals surface area (Å²) in [5, 5.41) is 5.36. The molecule has 0 atom stereocenters. The van der Waals surface area contributed by atoms with Crippen LogP contribution in [0.15, 0.2) is 11.6 Å². The van der Waals surface area contributed by atoms with Gasteiger partial charge in [0, 0.05) is 37.8 Å². The van der Waals surface area contributed by atoms with Gasteiger partial charge in [0.15, 0.2) is 10.8 Å². The molecule has 19 heavy (non-hydrogen) atoms. The van der Waals surface area contributed by atoms with Crippen LogP contribution in [0.4, 0.5) is 5.82 Å². The van der Waals surface area contributed by atoms with Gasteiger partial charge in [-0.05, 0) is 27.1 Å². The Morgan fingerprint density at radius 3 is 3.05 bits per heavy atom. The van der Waals surface area contributed by atoms with E-state index in [1.807, 2.05) is 7.05 Å². The molecule has 0 spiro atoms. The zero-order chi connectivity index (χ0) is 13.2. The molecule has 0 radical (unpaired) electrons. The summed E-state index contributed by atoms with van der Waals surface area (Å²) in [6, 6.07) is 0. The monoisotopic (exact) mass is 279 g/mol. The number of nitrogens with one attached hydrogen (secondary N) is 1. The number of imidazole rings is 1. The first kappa shape index (κ1) is 12.9. The average Bonchev–Trinajstić information content (AvgIpc) is 2.90. The maximum Gasteiger partial charge on any atom is 0.195 e. The Balaban J connectivity index is 1.93. The van der Waals surface area contributed by atoms with Gasteiger partial charge in [-0.1, -0.05) is 0 Å². The van der Waals surface area contributed by atoms with Crippen LogP contribution in [0.2, 0.25) is 0 Å². The fourth-order valence-corrected chi connectivity index (χ4v) is 3.39. The molecule has 3 rings (SSSR count). The van der Waals surface area contributed by atoms with Crippen LogP contribution >= 0.6 is 11.3 Å². The number of thiazole rings is 1. The second-order valence-electron chi connectivity index (χ2n) is 5.11. The van der Waals surface area contributed by atoms with Crippen LogP contribution in [0.5, 0.6) is 0 Å². The standard InChI is InChI=1S/C13H21N5S/c1-14-10-11-12(15-13-18(11)8-9-19-13)17-5-3-4-16(2)6-7-17/h8-9,14H,3-7,10H2,1-2H3. The predicted octanol–water partition coefficient (Wildman–Crippen LogP) is 1.26. The molecule has 2 aromatic rings. The van der Waals surface area contributed by atoms with Gasteiger partial charge in [-0.2, -0.15) is 0 Å². The number of nitrogens with zero attached hydrogens (tertiary/aromatic N) is 4. The molecular weight excluding hydrogens is 258 g/mol. The smallest absolute Gasteiger partial charge is 0.195 e. The molecule has 1 fully saturated rings. The van der Waals surface area contributed by atoms with Crippen molar-refractivity contribution in [1.82, 2.24) is 19.6 Å². The molecule has 104 valence electrons. The van der Waals surface area contributed by atoms with Crippen LogP contribution in [0.1, 0.15) is 12.1 Å². The fourth-order valence-electron chi connectivity index (χ4n) is 2.66. The summed E-state index contributed by atoms with van der Waals surface area (Å²) >= 11 is 1.70. The van der Waals surface area contributed by atoms with Crippen molar-refractivity contribution >= 4 is 22.1 Å². The maximum absolute atomic E-state index is 4.83. The first-order valence-electron chi connectivity index (χ1n) is 6.82. The highest BCUT2D eigenvalue weighted by Crippen LogP contribution is 2.25. The van der Waals surface area contributed by atoms with Crippen LogP contribution in [0, 0.1) is 0 Å². The summed E-state index contributed by atoms with van der Waals surface area (Å²) in [4.78, 5) is 10.8. The van der Waals surface area contributed by atoms with E-state index in [4.69, 9.17) is 4.98 Å². The van der Waals surface area contributed by atoms with Gasteiger partial charge in [0.05, 0.1) is 5.69 Å². The van der Waals surface area contributed by atoms with E-state index in [9.17, 15) is 0 Å². The quantitative estimate of drug-likeness (QED) is 0.917. The minimum absolute atomic E-state index is 0.861. The number of fused-ring (bicyclic) bond motifs is 1. The van der Waals surface area contributed by atoms with Crippen molar-refractivity contribution in [3.8, 4) is 0 Å². The Kier molecular flexibility index (Phi) is 3.72. The van der Waals surface area contributed by atoms with Gasteiger partial charge in [0.2, 0.25) is 0 Å². The van der Waals surface area contributed by atoms with E-state index < -0.39 is 0 Å². The number of aromatic nitrogens is 2. The summed E-state index contributed by atoms with van der Waals surface area (Å²) in [5.41, 5.74) is 1.28. The Morgan fingerprint density at radius 2 is 2.21 bits per heavy atom. The third kappa shape index (κ3) is 2.48. The third-order valence-electron chi connectivity index (χ3n) is 3.70. The van der Waals surface area contributed by atoms with Gasteiger partial charge in [0.25, 0.3) is 0 Å². The lowest BCUT2D eigenvalue weighted by molar-refractivity contribution is 0.360. The molecule has 6 heteroatoms. The normalized spacial score (nSPS) is 18.1. The highest BCUT2D eigenvalue weighted by atomic mass is 32.1. The Morgan fingerprint density at radius 1 is 1.32 bits per heavy atom. The van der Waals surface area contributed by atoms with Crippen molar-refractivity contribution in [3.05, 3.63) is 17.3 Å². The second-order valence-corrected chi connectivity index (χ2v) is 5.98. The summed E-state index contributed by atoms with van der Waals surface area (Å²) in [7, 11) is 4.19. The van der Waals surface area contributed by atoms with E-state index in [1.54, 1.807) is 11.3 Å². The molecule has 0 aromatic carbocycles. The number of likely N-dealkylation sites (N-methyl/N-ethyl adjacent to an activating group) is 1. The number of rotatable bonds is 3. The average molecular weight is 279 g/mol. The van der Waals surface area contributed by atoms with Gasteiger partial charge in [-0.15, -0.1) is 11.3 Å². The zero-order valence-electron chi connectivity index (χ0n) is 11.6. The minimum atomic E-state index is 0.861. The lowest BCUT2D eigenvalue weighted by Crippen LogP contribution is -2.30. The van der Waals surface area contributed by atoms with Crippen LogP contribution < -0.4 is 10.2 Å². The molecule has 3 heterocycles. The number of anilines is 1. The van der Waals surface area contributed by atoms with Gasteiger partial charge in [-0.3, -0.25) is 4.40 Å². The predicted molar refractivity (Wildman–Crippen MR) is 80.2 cm³/mol. The van der Waals surface area contributed by atoms with E-state index in [1.165, 1.54) is 18.7 Å². The molecule has 0 saturated carbocycles. The number of hydrogen-bond acceptors (Lipinski definition) is 5. The van der Waals surface area contributed by atoms with Crippen molar-refractivity contribution in [3.63, 3.8) is 0 Å². The van der Waals surface area contributed by atoms with E-state index in [-0.39, 0.29) is 0 Å². The second kappa shape index (κ2) is 5.48. The largest absolute Gasteiger partial charge is 0.354 e. The lowest BCUT2D eigenvalue weighted by Gasteiger charge is -2.21. The molecule has 0 bridgehead atoms. The van der Waals surface area contributed by atoms with E-state index in [2.05, 4.69) is 38.1 Å². The number of hydrogen-bond donors (Lipinski definition) is 1. The van der Waals surface area contributed by atoms with E-state index in [0.29, 0.717) is 0 Å². The summed E-state index contributed by atoms with van der Waals surface area (Å²) in [5.74, 6) is 1.16. The third-order valence-corrected chi connectivity index (χ3v) is 4.46. The zero-order valence-corrected chi connectivity index (χ0v) is 12.4. The minimum Gasteiger partial charge on any atom is -0.354 e. The van der Waals surface area contributed by atoms with Crippen molar-refractivity contribution in [2.75, 3.05) is 45.2 Å². The van der Waals surface area contributed by atoms with Crippen LogP contribution in [0.25, 0.3) is 4.96 Å². The van der Waals surface area contributed by atoms with Crippen molar-refractivity contribution in [1.29, 1.82) is 0 Å². The van der Waals surface area contributed by atoms with Gasteiger partial charge < -0.3 is 15.1 Å². The van der Waals surface area contributed by atoms with E-state index >= 15 is 0 Å². The summed E-state index contributed by atoms with van der Waals surface area (Å²) in [6.07, 6.45) is 3.33. The molecule has 1 aliphatic rings. The molecule has 1 aliphatic heterocycles. The molecule has 0 amide bonds. The van der Waals surface area contributed by atoms with Gasteiger partial charge in [-0.25, -0.2) is 4.98 Å². The molecule has 0 aliphatic carbocycles. The Bertz CT molecular complexity index is 546. The van der Waals surface area contributed by atoms with Crippen LogP contribution in [-0.2, 0) is 6.54 Å². The lowest BCUT2D eigenvalue weighted by atomic mass is 10.3. The summed E-state index contributed by atoms with van der Waals surface area (Å²) in [6.45, 7) is 5.33. The molecule has 1 N–H and O–H groups in total. The van der Waals surface area contributed by atoms with Gasteiger partial charge in [0.1, 0.15) is 0 Å². The van der Waals surface area contributed by atoms with Crippen LogP contribution in [0.3, 0.4) is 0 Å². The van der Waals surface area contributed by atoms with Gasteiger partial charge >= 0.3 is 0 Å². The highest BCUT2D eigenvalue weighted by Gasteiger charge is 2.20. The Hall–Kier alpha value is -1.11. The fraction of sp³-hybridized carbons (Fsp3) is 0.615. The molecule has 5 nitrogen and oxygen atoms in total. The molecule has 0 unspecified atom stereocenters. The topological polar surface area (TPSA) is 35.8 Å². The first-order chi connectivity index (χ1) is 9.29.